The highest BCUT2D eigenvalue weighted by Gasteiger charge is 2.24. The number of aryl methyl sites for hydroxylation is 1. The fourth-order valence-electron chi connectivity index (χ4n) is 3.69. The highest BCUT2D eigenvalue weighted by molar-refractivity contribution is 6.30. The maximum absolute atomic E-state index is 12.6. The summed E-state index contributed by atoms with van der Waals surface area (Å²) in [6.07, 6.45) is 2.59. The molecular weight excluding hydrogens is 416 g/mol. The molecule has 0 spiro atoms. The lowest BCUT2D eigenvalue weighted by atomic mass is 10.0. The van der Waals surface area contributed by atoms with Crippen LogP contribution in [-0.2, 0) is 11.2 Å². The molecule has 3 rings (SSSR count). The first-order valence-corrected chi connectivity index (χ1v) is 11.0. The number of ether oxygens (including phenoxy) is 2. The minimum Gasteiger partial charge on any atom is -0.493 e. The van der Waals surface area contributed by atoms with Crippen LogP contribution in [0.1, 0.15) is 42.1 Å². The molecule has 1 aliphatic rings. The molecule has 166 valence electrons. The van der Waals surface area contributed by atoms with Crippen molar-refractivity contribution in [3.05, 3.63) is 58.6 Å². The Morgan fingerprint density at radius 2 is 1.81 bits per heavy atom. The number of hydrogen-bond acceptors (Lipinski definition) is 4. The summed E-state index contributed by atoms with van der Waals surface area (Å²) in [5.74, 6) is 1.42. The van der Waals surface area contributed by atoms with E-state index in [1.54, 1.807) is 31.4 Å². The molecule has 1 saturated heterocycles. The molecule has 0 aliphatic carbocycles. The minimum absolute atomic E-state index is 0.0719. The topological polar surface area (TPSA) is 67.9 Å². The van der Waals surface area contributed by atoms with Crippen LogP contribution >= 0.6 is 11.6 Å². The summed E-state index contributed by atoms with van der Waals surface area (Å²) in [5, 5.41) is 3.66. The third kappa shape index (κ3) is 6.37. The van der Waals surface area contributed by atoms with Crippen LogP contribution < -0.4 is 14.8 Å². The molecular formula is C24H29ClN2O4. The van der Waals surface area contributed by atoms with Crippen molar-refractivity contribution >= 4 is 23.4 Å². The van der Waals surface area contributed by atoms with Crippen molar-refractivity contribution in [1.29, 1.82) is 0 Å². The second-order valence-corrected chi connectivity index (χ2v) is 7.99. The number of benzene rings is 2. The third-order valence-corrected chi connectivity index (χ3v) is 5.70. The standard InChI is InChI=1S/C24H29ClN2O4/c1-3-31-21-10-4-17(16-22(21)30-2)5-11-23(28)27-14-12-20(13-15-27)26-24(29)18-6-8-19(25)9-7-18/h4,6-10,16,20H,3,5,11-15H2,1-2H3,(H,26,29). The summed E-state index contributed by atoms with van der Waals surface area (Å²) in [6.45, 7) is 3.80. The van der Waals surface area contributed by atoms with Crippen LogP contribution in [-0.4, -0.2) is 49.6 Å². The summed E-state index contributed by atoms with van der Waals surface area (Å²) >= 11 is 5.87. The van der Waals surface area contributed by atoms with Crippen molar-refractivity contribution in [3.8, 4) is 11.5 Å². The molecule has 0 radical (unpaired) electrons. The van der Waals surface area contributed by atoms with Gasteiger partial charge >= 0.3 is 0 Å². The molecule has 7 heteroatoms. The average molecular weight is 445 g/mol. The maximum atomic E-state index is 12.6. The number of amides is 2. The molecule has 2 aromatic rings. The summed E-state index contributed by atoms with van der Waals surface area (Å²) in [4.78, 5) is 26.9. The van der Waals surface area contributed by atoms with Gasteiger partial charge in [0.1, 0.15) is 0 Å². The van der Waals surface area contributed by atoms with E-state index in [4.69, 9.17) is 21.1 Å². The molecule has 6 nitrogen and oxygen atoms in total. The summed E-state index contributed by atoms with van der Waals surface area (Å²) in [7, 11) is 1.61. The molecule has 0 atom stereocenters. The van der Waals surface area contributed by atoms with E-state index in [9.17, 15) is 9.59 Å². The van der Waals surface area contributed by atoms with Crippen molar-refractivity contribution < 1.29 is 19.1 Å². The Morgan fingerprint density at radius 3 is 2.45 bits per heavy atom. The Hall–Kier alpha value is -2.73. The molecule has 0 saturated carbocycles. The van der Waals surface area contributed by atoms with Crippen molar-refractivity contribution in [3.63, 3.8) is 0 Å². The maximum Gasteiger partial charge on any atom is 0.251 e. The number of carbonyl (C=O) groups excluding carboxylic acids is 2. The second kappa shape index (κ2) is 11.0. The molecule has 0 bridgehead atoms. The largest absolute Gasteiger partial charge is 0.493 e. The van der Waals surface area contributed by atoms with Crippen LogP contribution in [0.25, 0.3) is 0 Å². The smallest absolute Gasteiger partial charge is 0.251 e. The van der Waals surface area contributed by atoms with Gasteiger partial charge in [-0.05, 0) is 68.1 Å². The number of likely N-dealkylation sites (tertiary alicyclic amines) is 1. The Labute approximate surface area is 188 Å². The molecule has 2 aromatic carbocycles. The lowest BCUT2D eigenvalue weighted by Crippen LogP contribution is -2.46. The first kappa shape index (κ1) is 22.9. The predicted octanol–water partition coefficient (Wildman–Crippen LogP) is 4.10. The van der Waals surface area contributed by atoms with Crippen LogP contribution in [0.3, 0.4) is 0 Å². The summed E-state index contributed by atoms with van der Waals surface area (Å²) in [5.41, 5.74) is 1.63. The van der Waals surface area contributed by atoms with E-state index < -0.39 is 0 Å². The van der Waals surface area contributed by atoms with Crippen LogP contribution in [0.5, 0.6) is 11.5 Å². The summed E-state index contributed by atoms with van der Waals surface area (Å²) in [6, 6.07) is 12.7. The monoisotopic (exact) mass is 444 g/mol. The number of nitrogens with one attached hydrogen (secondary N) is 1. The van der Waals surface area contributed by atoms with Gasteiger partial charge < -0.3 is 19.7 Å². The zero-order valence-corrected chi connectivity index (χ0v) is 18.8. The van der Waals surface area contributed by atoms with Gasteiger partial charge in [-0.1, -0.05) is 17.7 Å². The number of carbonyl (C=O) groups is 2. The number of piperidine rings is 1. The average Bonchev–Trinajstić information content (AvgIpc) is 2.79. The molecule has 0 unspecified atom stereocenters. The van der Waals surface area contributed by atoms with Crippen LogP contribution in [0.15, 0.2) is 42.5 Å². The molecule has 2 amide bonds. The Morgan fingerprint density at radius 1 is 1.10 bits per heavy atom. The zero-order chi connectivity index (χ0) is 22.2. The Kier molecular flexibility index (Phi) is 8.18. The third-order valence-electron chi connectivity index (χ3n) is 5.44. The van der Waals surface area contributed by atoms with Crippen molar-refractivity contribution in [2.45, 2.75) is 38.6 Å². The minimum atomic E-state index is -0.106. The van der Waals surface area contributed by atoms with E-state index in [0.29, 0.717) is 54.6 Å². The first-order valence-electron chi connectivity index (χ1n) is 10.6. The van der Waals surface area contributed by atoms with Gasteiger partial charge in [0, 0.05) is 36.1 Å². The molecule has 1 heterocycles. The van der Waals surface area contributed by atoms with E-state index in [2.05, 4.69) is 5.32 Å². The van der Waals surface area contributed by atoms with E-state index in [0.717, 1.165) is 18.4 Å². The fourth-order valence-corrected chi connectivity index (χ4v) is 3.82. The first-order chi connectivity index (χ1) is 15.0. The van der Waals surface area contributed by atoms with Gasteiger partial charge in [-0.25, -0.2) is 0 Å². The molecule has 31 heavy (non-hydrogen) atoms. The molecule has 1 aliphatic heterocycles. The van der Waals surface area contributed by atoms with Gasteiger partial charge in [-0.2, -0.15) is 0 Å². The zero-order valence-electron chi connectivity index (χ0n) is 18.0. The Bertz CT molecular complexity index is 893. The summed E-state index contributed by atoms with van der Waals surface area (Å²) < 4.78 is 10.9. The van der Waals surface area contributed by atoms with Gasteiger partial charge in [0.05, 0.1) is 13.7 Å². The van der Waals surface area contributed by atoms with E-state index in [-0.39, 0.29) is 17.9 Å². The van der Waals surface area contributed by atoms with E-state index >= 15 is 0 Å². The number of nitrogens with zero attached hydrogens (tertiary/aromatic N) is 1. The molecule has 1 fully saturated rings. The second-order valence-electron chi connectivity index (χ2n) is 7.55. The van der Waals surface area contributed by atoms with Crippen molar-refractivity contribution in [2.75, 3.05) is 26.8 Å². The quantitative estimate of drug-likeness (QED) is 0.665. The van der Waals surface area contributed by atoms with Gasteiger partial charge in [-0.3, -0.25) is 9.59 Å². The SMILES string of the molecule is CCOc1ccc(CCC(=O)N2CCC(NC(=O)c3ccc(Cl)cc3)CC2)cc1OC. The lowest BCUT2D eigenvalue weighted by Gasteiger charge is -2.32. The van der Waals surface area contributed by atoms with Crippen LogP contribution in [0, 0.1) is 0 Å². The predicted molar refractivity (Wildman–Crippen MR) is 121 cm³/mol. The molecule has 0 aromatic heterocycles. The Balaban J connectivity index is 1.45. The number of rotatable bonds is 8. The van der Waals surface area contributed by atoms with Gasteiger partial charge in [0.15, 0.2) is 11.5 Å². The highest BCUT2D eigenvalue weighted by atomic mass is 35.5. The highest BCUT2D eigenvalue weighted by Crippen LogP contribution is 2.28. The number of hydrogen-bond donors (Lipinski definition) is 1. The van der Waals surface area contributed by atoms with E-state index in [1.807, 2.05) is 30.0 Å². The number of methoxy groups -OCH3 is 1. The lowest BCUT2D eigenvalue weighted by molar-refractivity contribution is -0.132. The normalized spacial score (nSPS) is 14.2. The van der Waals surface area contributed by atoms with E-state index in [1.165, 1.54) is 0 Å². The fraction of sp³-hybridized carbons (Fsp3) is 0.417. The van der Waals surface area contributed by atoms with Gasteiger partial charge in [0.25, 0.3) is 5.91 Å². The van der Waals surface area contributed by atoms with Crippen molar-refractivity contribution in [2.24, 2.45) is 0 Å². The van der Waals surface area contributed by atoms with Gasteiger partial charge in [0.2, 0.25) is 5.91 Å². The molecule has 1 N–H and O–H groups in total. The van der Waals surface area contributed by atoms with Crippen LogP contribution in [0.4, 0.5) is 0 Å². The van der Waals surface area contributed by atoms with Crippen LogP contribution in [0.2, 0.25) is 5.02 Å². The van der Waals surface area contributed by atoms with Crippen molar-refractivity contribution in [1.82, 2.24) is 10.2 Å². The van der Waals surface area contributed by atoms with Gasteiger partial charge in [-0.15, -0.1) is 0 Å². The number of halogens is 1.